The normalized spacial score (nSPS) is 21.1. The third kappa shape index (κ3) is 5.63. The van der Waals surface area contributed by atoms with Crippen molar-refractivity contribution >= 4 is 19.3 Å². The van der Waals surface area contributed by atoms with Gasteiger partial charge in [0.25, 0.3) is 0 Å². The summed E-state index contributed by atoms with van der Waals surface area (Å²) in [6.45, 7) is 0. The van der Waals surface area contributed by atoms with Crippen molar-refractivity contribution in [1.82, 2.24) is 0 Å². The van der Waals surface area contributed by atoms with Crippen LogP contribution in [-0.4, -0.2) is 38.9 Å². The van der Waals surface area contributed by atoms with Crippen molar-refractivity contribution in [3.8, 4) is 0 Å². The molecule has 0 heterocycles. The molecule has 3 N–H and O–H groups in total. The Bertz CT molecular complexity index is 388. The standard InChI is InChI=1S/C13H23O6P/c14-12(15)7-6-10(13(16)17)8-9-20(18,19)11-4-2-1-3-5-11/h10-11H,1-9H2,(H,14,15)(H,16,17)(H,18,19). The van der Waals surface area contributed by atoms with Crippen LogP contribution in [0.2, 0.25) is 0 Å². The Labute approximate surface area is 118 Å². The van der Waals surface area contributed by atoms with Gasteiger partial charge in [0.1, 0.15) is 0 Å². The Morgan fingerprint density at radius 2 is 1.70 bits per heavy atom. The first-order valence-corrected chi connectivity index (χ1v) is 9.00. The molecule has 1 fully saturated rings. The average molecular weight is 306 g/mol. The van der Waals surface area contributed by atoms with E-state index in [1.165, 1.54) is 0 Å². The molecule has 116 valence electrons. The van der Waals surface area contributed by atoms with Gasteiger partial charge in [-0.2, -0.15) is 0 Å². The maximum absolute atomic E-state index is 12.3. The van der Waals surface area contributed by atoms with E-state index in [-0.39, 0.29) is 31.1 Å². The molecule has 0 bridgehead atoms. The first kappa shape index (κ1) is 17.2. The number of rotatable bonds is 8. The van der Waals surface area contributed by atoms with E-state index < -0.39 is 25.2 Å². The Kier molecular flexibility index (Phi) is 6.69. The molecule has 7 heteroatoms. The summed E-state index contributed by atoms with van der Waals surface area (Å²) in [5.41, 5.74) is -0.204. The molecular formula is C13H23O6P. The zero-order valence-electron chi connectivity index (χ0n) is 11.5. The van der Waals surface area contributed by atoms with Crippen LogP contribution in [0.5, 0.6) is 0 Å². The fraction of sp³-hybridized carbons (Fsp3) is 0.846. The van der Waals surface area contributed by atoms with Gasteiger partial charge in [-0.05, 0) is 25.7 Å². The molecule has 0 aromatic rings. The fourth-order valence-corrected chi connectivity index (χ4v) is 4.92. The number of hydrogen-bond donors (Lipinski definition) is 3. The third-order valence-electron chi connectivity index (χ3n) is 4.00. The van der Waals surface area contributed by atoms with Crippen LogP contribution in [0.25, 0.3) is 0 Å². The SMILES string of the molecule is O=C(O)CCC(CCP(=O)(O)C1CCCCC1)C(=O)O. The van der Waals surface area contributed by atoms with Crippen LogP contribution in [0.4, 0.5) is 0 Å². The minimum absolute atomic E-state index is 0.00926. The Hall–Kier alpha value is -0.870. The van der Waals surface area contributed by atoms with E-state index in [0.717, 1.165) is 32.1 Å². The highest BCUT2D eigenvalue weighted by atomic mass is 31.2. The molecule has 1 rings (SSSR count). The predicted molar refractivity (Wildman–Crippen MR) is 74.2 cm³/mol. The highest BCUT2D eigenvalue weighted by Gasteiger charge is 2.33. The predicted octanol–water partition coefficient (Wildman–Crippen LogP) is 2.55. The molecule has 0 amide bonds. The monoisotopic (exact) mass is 306 g/mol. The van der Waals surface area contributed by atoms with Crippen molar-refractivity contribution in [1.29, 1.82) is 0 Å². The highest BCUT2D eigenvalue weighted by molar-refractivity contribution is 7.58. The van der Waals surface area contributed by atoms with E-state index in [9.17, 15) is 19.0 Å². The van der Waals surface area contributed by atoms with E-state index in [1.807, 2.05) is 0 Å². The van der Waals surface area contributed by atoms with Gasteiger partial charge in [-0.15, -0.1) is 0 Å². The van der Waals surface area contributed by atoms with Gasteiger partial charge >= 0.3 is 11.9 Å². The van der Waals surface area contributed by atoms with Gasteiger partial charge in [-0.3, -0.25) is 14.2 Å². The van der Waals surface area contributed by atoms with Crippen LogP contribution < -0.4 is 0 Å². The number of carboxylic acid groups (broad SMARTS) is 2. The lowest BCUT2D eigenvalue weighted by atomic mass is 10.0. The molecule has 2 unspecified atom stereocenters. The van der Waals surface area contributed by atoms with Crippen LogP contribution in [-0.2, 0) is 14.2 Å². The van der Waals surface area contributed by atoms with Crippen LogP contribution >= 0.6 is 7.37 Å². The Morgan fingerprint density at radius 3 is 2.20 bits per heavy atom. The molecule has 0 aromatic carbocycles. The summed E-state index contributed by atoms with van der Waals surface area (Å²) in [6.07, 6.45) is 4.31. The molecular weight excluding hydrogens is 283 g/mol. The van der Waals surface area contributed by atoms with Crippen molar-refractivity contribution in [2.75, 3.05) is 6.16 Å². The molecule has 1 aliphatic rings. The van der Waals surface area contributed by atoms with Crippen LogP contribution in [0, 0.1) is 5.92 Å². The second-order valence-electron chi connectivity index (χ2n) is 5.53. The summed E-state index contributed by atoms with van der Waals surface area (Å²) >= 11 is 0. The van der Waals surface area contributed by atoms with Gasteiger partial charge in [0.2, 0.25) is 7.37 Å². The molecule has 20 heavy (non-hydrogen) atoms. The zero-order valence-corrected chi connectivity index (χ0v) is 12.4. The zero-order chi connectivity index (χ0) is 15.2. The van der Waals surface area contributed by atoms with Crippen LogP contribution in [0.3, 0.4) is 0 Å². The lowest BCUT2D eigenvalue weighted by Crippen LogP contribution is -2.20. The molecule has 0 saturated heterocycles. The minimum Gasteiger partial charge on any atom is -0.481 e. The lowest BCUT2D eigenvalue weighted by molar-refractivity contribution is -0.143. The van der Waals surface area contributed by atoms with Crippen molar-refractivity contribution in [3.63, 3.8) is 0 Å². The van der Waals surface area contributed by atoms with Crippen molar-refractivity contribution in [3.05, 3.63) is 0 Å². The third-order valence-corrected chi connectivity index (χ3v) is 6.56. The number of carbonyl (C=O) groups is 2. The highest BCUT2D eigenvalue weighted by Crippen LogP contribution is 2.52. The molecule has 1 saturated carbocycles. The summed E-state index contributed by atoms with van der Waals surface area (Å²) in [4.78, 5) is 31.6. The summed E-state index contributed by atoms with van der Waals surface area (Å²) < 4.78 is 12.3. The van der Waals surface area contributed by atoms with Gasteiger partial charge in [0.05, 0.1) is 5.92 Å². The number of carboxylic acids is 2. The first-order chi connectivity index (χ1) is 9.33. The summed E-state index contributed by atoms with van der Waals surface area (Å²) in [6, 6.07) is 0. The van der Waals surface area contributed by atoms with Crippen molar-refractivity contribution in [2.24, 2.45) is 5.92 Å². The van der Waals surface area contributed by atoms with E-state index >= 15 is 0 Å². The van der Waals surface area contributed by atoms with Gasteiger partial charge in [0, 0.05) is 18.2 Å². The fourth-order valence-electron chi connectivity index (χ4n) is 2.70. The molecule has 1 aliphatic carbocycles. The molecule has 0 radical (unpaired) electrons. The van der Waals surface area contributed by atoms with Gasteiger partial charge < -0.3 is 15.1 Å². The maximum Gasteiger partial charge on any atom is 0.306 e. The minimum atomic E-state index is -3.32. The molecule has 0 spiro atoms. The molecule has 2 atom stereocenters. The number of aliphatic carboxylic acids is 2. The molecule has 0 aliphatic heterocycles. The molecule has 6 nitrogen and oxygen atoms in total. The van der Waals surface area contributed by atoms with Gasteiger partial charge in [-0.1, -0.05) is 19.3 Å². The summed E-state index contributed by atoms with van der Waals surface area (Å²) in [7, 11) is -3.32. The maximum atomic E-state index is 12.3. The van der Waals surface area contributed by atoms with E-state index in [2.05, 4.69) is 0 Å². The number of hydrogen-bond acceptors (Lipinski definition) is 3. The smallest absolute Gasteiger partial charge is 0.306 e. The van der Waals surface area contributed by atoms with Crippen LogP contribution in [0.1, 0.15) is 51.4 Å². The van der Waals surface area contributed by atoms with E-state index in [1.54, 1.807) is 0 Å². The van der Waals surface area contributed by atoms with Crippen molar-refractivity contribution in [2.45, 2.75) is 57.0 Å². The average Bonchev–Trinajstić information content (AvgIpc) is 2.39. The Balaban J connectivity index is 2.50. The van der Waals surface area contributed by atoms with E-state index in [4.69, 9.17) is 10.2 Å². The molecule has 0 aromatic heterocycles. The summed E-state index contributed by atoms with van der Waals surface area (Å²) in [5, 5.41) is 17.6. The first-order valence-electron chi connectivity index (χ1n) is 7.09. The van der Waals surface area contributed by atoms with Gasteiger partial charge in [-0.25, -0.2) is 0 Å². The van der Waals surface area contributed by atoms with Gasteiger partial charge in [0.15, 0.2) is 0 Å². The largest absolute Gasteiger partial charge is 0.481 e. The summed E-state index contributed by atoms with van der Waals surface area (Å²) in [5.74, 6) is -2.99. The second-order valence-corrected chi connectivity index (χ2v) is 8.22. The van der Waals surface area contributed by atoms with Crippen molar-refractivity contribution < 1.29 is 29.3 Å². The lowest BCUT2D eigenvalue weighted by Gasteiger charge is -2.27. The van der Waals surface area contributed by atoms with Crippen LogP contribution in [0.15, 0.2) is 0 Å². The Morgan fingerprint density at radius 1 is 1.10 bits per heavy atom. The van der Waals surface area contributed by atoms with E-state index in [0.29, 0.717) is 0 Å². The topological polar surface area (TPSA) is 112 Å². The second kappa shape index (κ2) is 7.79. The quantitative estimate of drug-likeness (QED) is 0.594.